The second kappa shape index (κ2) is 5.04. The molecule has 0 saturated carbocycles. The maximum atomic E-state index is 11.0. The lowest BCUT2D eigenvalue weighted by molar-refractivity contribution is -0.118. The van der Waals surface area contributed by atoms with Gasteiger partial charge in [-0.1, -0.05) is 0 Å². The average Bonchev–Trinajstić information content (AvgIpc) is 2.17. The predicted molar refractivity (Wildman–Crippen MR) is 47.8 cm³/mol. The van der Waals surface area contributed by atoms with Crippen LogP contribution in [0.4, 0.5) is 0 Å². The van der Waals surface area contributed by atoms with Crippen LogP contribution in [0.15, 0.2) is 24.5 Å². The maximum Gasteiger partial charge on any atom is 0.147 e. The molecule has 1 aromatic heterocycles. The molecule has 0 aromatic carbocycles. The van der Waals surface area contributed by atoms with Gasteiger partial charge in [0.2, 0.25) is 0 Å². The molecule has 0 aliphatic rings. The zero-order valence-corrected chi connectivity index (χ0v) is 7.23. The van der Waals surface area contributed by atoms with Crippen molar-refractivity contribution in [2.45, 2.75) is 19.3 Å². The third kappa shape index (κ3) is 3.48. The summed E-state index contributed by atoms with van der Waals surface area (Å²) in [5.41, 5.74) is 1.08. The first kappa shape index (κ1) is 9.40. The Morgan fingerprint density at radius 2 is 2.15 bits per heavy atom. The minimum Gasteiger partial charge on any atom is -0.299 e. The number of aromatic nitrogens is 1. The number of ketones is 1. The predicted octanol–water partition coefficient (Wildman–Crippen LogP) is 1.50. The first-order chi connectivity index (χ1) is 6.33. The molecule has 0 atom stereocenters. The summed E-state index contributed by atoms with van der Waals surface area (Å²) in [6.45, 7) is 0. The van der Waals surface area contributed by atoms with Crippen molar-refractivity contribution < 1.29 is 4.79 Å². The van der Waals surface area contributed by atoms with Gasteiger partial charge in [0, 0.05) is 18.8 Å². The van der Waals surface area contributed by atoms with E-state index in [1.54, 1.807) is 12.4 Å². The molecule has 3 nitrogen and oxygen atoms in total. The highest BCUT2D eigenvalue weighted by Gasteiger charge is 2.00. The van der Waals surface area contributed by atoms with Crippen molar-refractivity contribution >= 4 is 5.78 Å². The Labute approximate surface area is 77.0 Å². The molecule has 0 fully saturated rings. The van der Waals surface area contributed by atoms with Gasteiger partial charge in [-0.15, -0.1) is 0 Å². The lowest BCUT2D eigenvalue weighted by Gasteiger charge is -1.97. The zero-order valence-electron chi connectivity index (χ0n) is 7.23. The highest BCUT2D eigenvalue weighted by molar-refractivity contribution is 5.80. The molecule has 13 heavy (non-hydrogen) atoms. The van der Waals surface area contributed by atoms with Crippen molar-refractivity contribution in [2.75, 3.05) is 0 Å². The Morgan fingerprint density at radius 3 is 2.77 bits per heavy atom. The standard InChI is InChI=1S/C10H10N2O/c11-6-3-10(13)2-1-9-4-7-12-8-5-9/h4-5,7-8H,1-3H2. The van der Waals surface area contributed by atoms with Crippen molar-refractivity contribution in [3.05, 3.63) is 30.1 Å². The first-order valence-corrected chi connectivity index (χ1v) is 4.10. The van der Waals surface area contributed by atoms with Crippen molar-refractivity contribution in [2.24, 2.45) is 0 Å². The molecule has 0 bridgehead atoms. The van der Waals surface area contributed by atoms with E-state index in [1.807, 2.05) is 18.2 Å². The molecule has 0 aliphatic heterocycles. The monoisotopic (exact) mass is 174 g/mol. The van der Waals surface area contributed by atoms with Crippen LogP contribution < -0.4 is 0 Å². The molecule has 0 aliphatic carbocycles. The van der Waals surface area contributed by atoms with Crippen LogP contribution in [0.1, 0.15) is 18.4 Å². The largest absolute Gasteiger partial charge is 0.299 e. The zero-order chi connectivity index (χ0) is 9.52. The Bertz CT molecular complexity index is 313. The molecule has 0 radical (unpaired) electrons. The number of rotatable bonds is 4. The van der Waals surface area contributed by atoms with E-state index in [2.05, 4.69) is 4.98 Å². The molecular weight excluding hydrogens is 164 g/mol. The summed E-state index contributed by atoms with van der Waals surface area (Å²) in [4.78, 5) is 14.8. The van der Waals surface area contributed by atoms with Gasteiger partial charge in [-0.3, -0.25) is 9.78 Å². The van der Waals surface area contributed by atoms with E-state index < -0.39 is 0 Å². The van der Waals surface area contributed by atoms with Gasteiger partial charge in [-0.25, -0.2) is 0 Å². The highest BCUT2D eigenvalue weighted by atomic mass is 16.1. The lowest BCUT2D eigenvalue weighted by Crippen LogP contribution is -1.98. The molecule has 0 saturated heterocycles. The summed E-state index contributed by atoms with van der Waals surface area (Å²) in [7, 11) is 0. The van der Waals surface area contributed by atoms with Gasteiger partial charge in [0.05, 0.1) is 12.5 Å². The van der Waals surface area contributed by atoms with Crippen molar-refractivity contribution in [1.29, 1.82) is 5.26 Å². The van der Waals surface area contributed by atoms with E-state index in [9.17, 15) is 4.79 Å². The van der Waals surface area contributed by atoms with E-state index >= 15 is 0 Å². The summed E-state index contributed by atoms with van der Waals surface area (Å²) < 4.78 is 0. The third-order valence-corrected chi connectivity index (χ3v) is 1.72. The Hall–Kier alpha value is -1.69. The van der Waals surface area contributed by atoms with Crippen LogP contribution in [0, 0.1) is 11.3 Å². The quantitative estimate of drug-likeness (QED) is 0.695. The van der Waals surface area contributed by atoms with Gasteiger partial charge >= 0.3 is 0 Å². The molecule has 1 heterocycles. The lowest BCUT2D eigenvalue weighted by atomic mass is 10.1. The van der Waals surface area contributed by atoms with Gasteiger partial charge in [0.1, 0.15) is 5.78 Å². The second-order valence-corrected chi connectivity index (χ2v) is 2.73. The molecule has 1 rings (SSSR count). The van der Waals surface area contributed by atoms with Crippen LogP contribution >= 0.6 is 0 Å². The summed E-state index contributed by atoms with van der Waals surface area (Å²) in [5.74, 6) is -0.000637. The smallest absolute Gasteiger partial charge is 0.147 e. The van der Waals surface area contributed by atoms with Crippen LogP contribution in [0.2, 0.25) is 0 Å². The molecule has 0 N–H and O–H groups in total. The van der Waals surface area contributed by atoms with Gasteiger partial charge < -0.3 is 0 Å². The Morgan fingerprint density at radius 1 is 1.46 bits per heavy atom. The van der Waals surface area contributed by atoms with Crippen LogP contribution in [0.25, 0.3) is 0 Å². The van der Waals surface area contributed by atoms with E-state index in [4.69, 9.17) is 5.26 Å². The number of nitriles is 1. The van der Waals surface area contributed by atoms with Gasteiger partial charge in [-0.2, -0.15) is 5.26 Å². The SMILES string of the molecule is N#CCC(=O)CCc1ccncc1. The van der Waals surface area contributed by atoms with Gasteiger partial charge in [-0.05, 0) is 24.1 Å². The summed E-state index contributed by atoms with van der Waals surface area (Å²) in [6, 6.07) is 5.59. The Balaban J connectivity index is 2.36. The number of carbonyl (C=O) groups excluding carboxylic acids is 1. The molecular formula is C10H10N2O. The van der Waals surface area contributed by atoms with Gasteiger partial charge in [0.25, 0.3) is 0 Å². The van der Waals surface area contributed by atoms with E-state index in [-0.39, 0.29) is 12.2 Å². The molecule has 0 spiro atoms. The maximum absolute atomic E-state index is 11.0. The number of hydrogen-bond acceptors (Lipinski definition) is 3. The number of aryl methyl sites for hydroxylation is 1. The summed E-state index contributed by atoms with van der Waals surface area (Å²) >= 11 is 0. The topological polar surface area (TPSA) is 53.8 Å². The number of pyridine rings is 1. The molecule has 0 unspecified atom stereocenters. The molecule has 1 aromatic rings. The highest BCUT2D eigenvalue weighted by Crippen LogP contribution is 2.02. The van der Waals surface area contributed by atoms with Crippen LogP contribution in [-0.4, -0.2) is 10.8 Å². The van der Waals surface area contributed by atoms with Crippen molar-refractivity contribution in [1.82, 2.24) is 4.98 Å². The van der Waals surface area contributed by atoms with Crippen molar-refractivity contribution in [3.8, 4) is 6.07 Å². The minimum atomic E-state index is -0.000637. The average molecular weight is 174 g/mol. The fraction of sp³-hybridized carbons (Fsp3) is 0.300. The Kier molecular flexibility index (Phi) is 3.65. The minimum absolute atomic E-state index is 0.000637. The number of carbonyl (C=O) groups is 1. The second-order valence-electron chi connectivity index (χ2n) is 2.73. The summed E-state index contributed by atoms with van der Waals surface area (Å²) in [6.07, 6.45) is 4.56. The molecule has 66 valence electrons. The fourth-order valence-corrected chi connectivity index (χ4v) is 1.01. The van der Waals surface area contributed by atoms with Gasteiger partial charge in [0.15, 0.2) is 0 Å². The fourth-order valence-electron chi connectivity index (χ4n) is 1.01. The first-order valence-electron chi connectivity index (χ1n) is 4.10. The van der Waals surface area contributed by atoms with Crippen LogP contribution in [0.5, 0.6) is 0 Å². The van der Waals surface area contributed by atoms with E-state index in [0.717, 1.165) is 5.56 Å². The van der Waals surface area contributed by atoms with Crippen LogP contribution in [-0.2, 0) is 11.2 Å². The normalized spacial score (nSPS) is 9.15. The molecule has 0 amide bonds. The number of Topliss-reactive ketones (excluding diaryl/α,β-unsaturated/α-hetero) is 1. The third-order valence-electron chi connectivity index (χ3n) is 1.72. The number of nitrogens with zero attached hydrogens (tertiary/aromatic N) is 2. The number of hydrogen-bond donors (Lipinski definition) is 0. The van der Waals surface area contributed by atoms with E-state index in [1.165, 1.54) is 0 Å². The van der Waals surface area contributed by atoms with Crippen LogP contribution in [0.3, 0.4) is 0 Å². The molecule has 3 heteroatoms. The van der Waals surface area contributed by atoms with Crippen molar-refractivity contribution in [3.63, 3.8) is 0 Å². The van der Waals surface area contributed by atoms with E-state index in [0.29, 0.717) is 12.8 Å². The summed E-state index contributed by atoms with van der Waals surface area (Å²) in [5, 5.41) is 8.25.